The van der Waals surface area contributed by atoms with E-state index < -0.39 is 11.1 Å². The Balaban J connectivity index is 1.61. The molecule has 27 heavy (non-hydrogen) atoms. The van der Waals surface area contributed by atoms with Crippen LogP contribution in [-0.4, -0.2) is 45.6 Å². The topological polar surface area (TPSA) is 76.3 Å². The number of likely N-dealkylation sites (tertiary alicyclic amines) is 1. The number of carbonyl (C=O) groups is 1. The number of aryl methyl sites for hydroxylation is 1. The minimum Gasteiger partial charge on any atom is -0.355 e. The van der Waals surface area contributed by atoms with E-state index in [0.29, 0.717) is 23.6 Å². The van der Waals surface area contributed by atoms with Crippen molar-refractivity contribution in [2.45, 2.75) is 45.2 Å². The largest absolute Gasteiger partial charge is 0.355 e. The Kier molecular flexibility index (Phi) is 6.11. The summed E-state index contributed by atoms with van der Waals surface area (Å²) in [6.45, 7) is 4.78. The second-order valence-electron chi connectivity index (χ2n) is 7.33. The molecule has 1 aliphatic heterocycles. The van der Waals surface area contributed by atoms with Crippen LogP contribution in [0, 0.1) is 0 Å². The van der Waals surface area contributed by atoms with Gasteiger partial charge in [0.1, 0.15) is 6.54 Å². The van der Waals surface area contributed by atoms with Crippen LogP contribution in [0.5, 0.6) is 0 Å². The Labute approximate surface area is 158 Å². The molecule has 0 spiro atoms. The fourth-order valence-corrected chi connectivity index (χ4v) is 3.81. The van der Waals surface area contributed by atoms with Gasteiger partial charge < -0.3 is 14.8 Å². The molecule has 1 N–H and O–H groups in total. The second-order valence-corrected chi connectivity index (χ2v) is 7.33. The van der Waals surface area contributed by atoms with Crippen LogP contribution < -0.4 is 16.4 Å². The lowest BCUT2D eigenvalue weighted by Crippen LogP contribution is -2.43. The molecule has 7 heteroatoms. The normalized spacial score (nSPS) is 17.9. The molecule has 1 aromatic carbocycles. The van der Waals surface area contributed by atoms with E-state index in [1.807, 2.05) is 0 Å². The van der Waals surface area contributed by atoms with Gasteiger partial charge in [0.25, 0.3) is 0 Å². The van der Waals surface area contributed by atoms with Crippen molar-refractivity contribution >= 4 is 16.9 Å². The molecule has 2 aromatic rings. The molecule has 1 unspecified atom stereocenters. The fourth-order valence-electron chi connectivity index (χ4n) is 3.81. The number of amides is 1. The van der Waals surface area contributed by atoms with Gasteiger partial charge in [-0.15, -0.1) is 0 Å². The molecular weight excluding hydrogens is 344 g/mol. The van der Waals surface area contributed by atoms with Crippen molar-refractivity contribution in [1.29, 1.82) is 0 Å². The monoisotopic (exact) mass is 372 g/mol. The number of hydrogen-bond acceptors (Lipinski definition) is 4. The molecule has 3 rings (SSSR count). The standard InChI is InChI=1S/C20H28N4O3/c1-15-8-5-6-12-23(15)13-7-11-21-18(25)14-24-17-10-4-3-9-16(17)22(2)19(26)20(24)27/h3-4,9-10,15H,5-8,11-14H2,1-2H3,(H,21,25). The number of nitrogens with zero attached hydrogens (tertiary/aromatic N) is 3. The van der Waals surface area contributed by atoms with Gasteiger partial charge in [-0.1, -0.05) is 18.6 Å². The molecule has 1 aromatic heterocycles. The zero-order chi connectivity index (χ0) is 19.4. The van der Waals surface area contributed by atoms with E-state index in [-0.39, 0.29) is 12.5 Å². The Morgan fingerprint density at radius 1 is 1.15 bits per heavy atom. The molecule has 7 nitrogen and oxygen atoms in total. The summed E-state index contributed by atoms with van der Waals surface area (Å²) in [6.07, 6.45) is 4.66. The number of benzene rings is 1. The van der Waals surface area contributed by atoms with Crippen LogP contribution in [0.15, 0.2) is 33.9 Å². The van der Waals surface area contributed by atoms with Gasteiger partial charge in [-0.2, -0.15) is 0 Å². The maximum atomic E-state index is 12.4. The maximum absolute atomic E-state index is 12.4. The number of nitrogens with one attached hydrogen (secondary N) is 1. The minimum atomic E-state index is -0.673. The van der Waals surface area contributed by atoms with Crippen LogP contribution in [0.1, 0.15) is 32.6 Å². The first kappa shape index (κ1) is 19.4. The highest BCUT2D eigenvalue weighted by Crippen LogP contribution is 2.16. The highest BCUT2D eigenvalue weighted by Gasteiger charge is 2.17. The molecule has 0 bridgehead atoms. The van der Waals surface area contributed by atoms with Gasteiger partial charge >= 0.3 is 11.1 Å². The summed E-state index contributed by atoms with van der Waals surface area (Å²) in [5, 5.41) is 2.88. The molecule has 0 radical (unpaired) electrons. The molecule has 2 heterocycles. The molecule has 0 aliphatic carbocycles. The van der Waals surface area contributed by atoms with Crippen molar-refractivity contribution in [1.82, 2.24) is 19.4 Å². The van der Waals surface area contributed by atoms with Gasteiger partial charge in [-0.05, 0) is 44.9 Å². The third-order valence-corrected chi connectivity index (χ3v) is 5.45. The summed E-state index contributed by atoms with van der Waals surface area (Å²) < 4.78 is 2.59. The fraction of sp³-hybridized carbons (Fsp3) is 0.550. The Morgan fingerprint density at radius 3 is 2.63 bits per heavy atom. The molecule has 146 valence electrons. The molecule has 1 fully saturated rings. The van der Waals surface area contributed by atoms with Crippen LogP contribution in [0.3, 0.4) is 0 Å². The number of carbonyl (C=O) groups excluding carboxylic acids is 1. The average Bonchev–Trinajstić information content (AvgIpc) is 2.68. The molecule has 1 atom stereocenters. The van der Waals surface area contributed by atoms with Gasteiger partial charge in [0, 0.05) is 26.2 Å². The van der Waals surface area contributed by atoms with Gasteiger partial charge in [0.2, 0.25) is 5.91 Å². The molecule has 1 aliphatic rings. The van der Waals surface area contributed by atoms with Gasteiger partial charge in [0.05, 0.1) is 11.0 Å². The Bertz CT molecular complexity index is 931. The maximum Gasteiger partial charge on any atom is 0.317 e. The van der Waals surface area contributed by atoms with Crippen LogP contribution in [-0.2, 0) is 18.4 Å². The van der Waals surface area contributed by atoms with E-state index in [9.17, 15) is 14.4 Å². The number of para-hydroxylation sites is 2. The molecule has 1 saturated heterocycles. The summed E-state index contributed by atoms with van der Waals surface area (Å²) in [6, 6.07) is 7.73. The average molecular weight is 372 g/mol. The van der Waals surface area contributed by atoms with Crippen molar-refractivity contribution < 1.29 is 4.79 Å². The summed E-state index contributed by atoms with van der Waals surface area (Å²) in [5.74, 6) is -0.248. The second kappa shape index (κ2) is 8.52. The lowest BCUT2D eigenvalue weighted by molar-refractivity contribution is -0.121. The minimum absolute atomic E-state index is 0.143. The quantitative estimate of drug-likeness (QED) is 0.608. The summed E-state index contributed by atoms with van der Waals surface area (Å²) >= 11 is 0. The van der Waals surface area contributed by atoms with Gasteiger partial charge in [0.15, 0.2) is 0 Å². The third-order valence-electron chi connectivity index (χ3n) is 5.45. The Hall–Kier alpha value is -2.41. The van der Waals surface area contributed by atoms with Crippen molar-refractivity contribution in [3.63, 3.8) is 0 Å². The van der Waals surface area contributed by atoms with Gasteiger partial charge in [-0.3, -0.25) is 19.0 Å². The van der Waals surface area contributed by atoms with Crippen molar-refractivity contribution in [3.05, 3.63) is 45.0 Å². The van der Waals surface area contributed by atoms with E-state index in [1.54, 1.807) is 31.3 Å². The zero-order valence-corrected chi connectivity index (χ0v) is 16.1. The van der Waals surface area contributed by atoms with Crippen LogP contribution >= 0.6 is 0 Å². The smallest absolute Gasteiger partial charge is 0.317 e. The summed E-state index contributed by atoms with van der Waals surface area (Å²) in [4.78, 5) is 39.3. The van der Waals surface area contributed by atoms with Gasteiger partial charge in [-0.25, -0.2) is 0 Å². The highest BCUT2D eigenvalue weighted by atomic mass is 16.2. The van der Waals surface area contributed by atoms with Crippen molar-refractivity contribution in [3.8, 4) is 0 Å². The van der Waals surface area contributed by atoms with E-state index in [0.717, 1.165) is 19.5 Å². The lowest BCUT2D eigenvalue weighted by Gasteiger charge is -2.33. The summed E-state index contributed by atoms with van der Waals surface area (Å²) in [7, 11) is 1.57. The SMILES string of the molecule is CC1CCCCN1CCCNC(=O)Cn1c(=O)c(=O)n(C)c2ccccc21. The Morgan fingerprint density at radius 2 is 1.89 bits per heavy atom. The highest BCUT2D eigenvalue weighted by molar-refractivity contribution is 5.80. The van der Waals surface area contributed by atoms with Crippen molar-refractivity contribution in [2.75, 3.05) is 19.6 Å². The first-order valence-corrected chi connectivity index (χ1v) is 9.68. The van der Waals surface area contributed by atoms with Crippen LogP contribution in [0.2, 0.25) is 0 Å². The van der Waals surface area contributed by atoms with Crippen molar-refractivity contribution in [2.24, 2.45) is 7.05 Å². The third kappa shape index (κ3) is 4.30. The van der Waals surface area contributed by atoms with E-state index in [4.69, 9.17) is 0 Å². The molecule has 1 amide bonds. The summed E-state index contributed by atoms with van der Waals surface area (Å²) in [5.41, 5.74) is -0.0787. The predicted octanol–water partition coefficient (Wildman–Crippen LogP) is 1.08. The number of hydrogen-bond donors (Lipinski definition) is 1. The van der Waals surface area contributed by atoms with E-state index in [1.165, 1.54) is 28.4 Å². The number of fused-ring (bicyclic) bond motifs is 1. The zero-order valence-electron chi connectivity index (χ0n) is 16.1. The number of piperidine rings is 1. The van der Waals surface area contributed by atoms with Crippen LogP contribution in [0.4, 0.5) is 0 Å². The number of aromatic nitrogens is 2. The first-order valence-electron chi connectivity index (χ1n) is 9.68. The molecule has 0 saturated carbocycles. The molecular formula is C20H28N4O3. The first-order chi connectivity index (χ1) is 13.0. The number of rotatable bonds is 6. The van der Waals surface area contributed by atoms with E-state index >= 15 is 0 Å². The van der Waals surface area contributed by atoms with Crippen LogP contribution in [0.25, 0.3) is 11.0 Å². The predicted molar refractivity (Wildman–Crippen MR) is 106 cm³/mol. The van der Waals surface area contributed by atoms with E-state index in [2.05, 4.69) is 17.1 Å². The lowest BCUT2D eigenvalue weighted by atomic mass is 10.0.